The van der Waals surface area contributed by atoms with Crippen LogP contribution in [0.2, 0.25) is 0 Å². The first kappa shape index (κ1) is 14.3. The number of anilines is 1. The Morgan fingerprint density at radius 3 is 2.89 bits per heavy atom. The van der Waals surface area contributed by atoms with Gasteiger partial charge in [0.1, 0.15) is 5.75 Å². The maximum atomic E-state index is 12.4. The highest BCUT2D eigenvalue weighted by molar-refractivity contribution is 9.10. The minimum Gasteiger partial charge on any atom is -0.495 e. The Bertz CT molecular complexity index is 471. The minimum absolute atomic E-state index is 0.0106. The molecule has 1 heterocycles. The third-order valence-electron chi connectivity index (χ3n) is 3.53. The number of carbonyl (C=O) groups is 1. The van der Waals surface area contributed by atoms with Gasteiger partial charge in [-0.05, 0) is 50.9 Å². The largest absolute Gasteiger partial charge is 0.495 e. The lowest BCUT2D eigenvalue weighted by molar-refractivity contribution is -0.122. The van der Waals surface area contributed by atoms with Gasteiger partial charge >= 0.3 is 0 Å². The molecular formula is C14H19BrN2O2. The Morgan fingerprint density at radius 1 is 1.47 bits per heavy atom. The van der Waals surface area contributed by atoms with Gasteiger partial charge in [0.2, 0.25) is 5.91 Å². The summed E-state index contributed by atoms with van der Waals surface area (Å²) in [6, 6.07) is 5.56. The van der Waals surface area contributed by atoms with Gasteiger partial charge in [-0.15, -0.1) is 0 Å². The number of halogens is 1. The Balaban J connectivity index is 2.16. The van der Waals surface area contributed by atoms with Crippen LogP contribution in [-0.4, -0.2) is 25.1 Å². The number of benzene rings is 1. The molecule has 4 nitrogen and oxygen atoms in total. The van der Waals surface area contributed by atoms with E-state index in [-0.39, 0.29) is 5.91 Å². The van der Waals surface area contributed by atoms with Gasteiger partial charge in [0.05, 0.1) is 18.3 Å². The molecule has 0 spiro atoms. The molecule has 104 valence electrons. The highest BCUT2D eigenvalue weighted by atomic mass is 79.9. The second-order valence-corrected chi connectivity index (χ2v) is 5.93. The molecule has 1 aliphatic heterocycles. The van der Waals surface area contributed by atoms with Crippen molar-refractivity contribution >= 4 is 27.5 Å². The van der Waals surface area contributed by atoms with E-state index in [1.165, 1.54) is 0 Å². The number of nitrogens with one attached hydrogen (secondary N) is 2. The van der Waals surface area contributed by atoms with E-state index in [0.717, 1.165) is 30.3 Å². The predicted molar refractivity (Wildman–Crippen MR) is 79.6 cm³/mol. The molecule has 1 aromatic carbocycles. The first-order valence-electron chi connectivity index (χ1n) is 6.45. The molecule has 1 amide bonds. The second kappa shape index (κ2) is 5.92. The number of rotatable bonds is 3. The zero-order chi connectivity index (χ0) is 13.9. The Morgan fingerprint density at radius 2 is 2.26 bits per heavy atom. The summed E-state index contributed by atoms with van der Waals surface area (Å²) in [5.74, 6) is 0.652. The summed E-state index contributed by atoms with van der Waals surface area (Å²) in [6.45, 7) is 2.84. The first-order chi connectivity index (χ1) is 9.05. The van der Waals surface area contributed by atoms with Crippen molar-refractivity contribution < 1.29 is 9.53 Å². The maximum Gasteiger partial charge on any atom is 0.244 e. The lowest BCUT2D eigenvalue weighted by Crippen LogP contribution is -2.54. The average Bonchev–Trinajstić information content (AvgIpc) is 2.40. The van der Waals surface area contributed by atoms with Crippen molar-refractivity contribution in [2.45, 2.75) is 31.7 Å². The smallest absolute Gasteiger partial charge is 0.244 e. The fourth-order valence-corrected chi connectivity index (χ4v) is 2.65. The summed E-state index contributed by atoms with van der Waals surface area (Å²) in [5.41, 5.74) is 0.196. The van der Waals surface area contributed by atoms with E-state index in [0.29, 0.717) is 11.4 Å². The molecule has 0 aliphatic carbocycles. The number of carbonyl (C=O) groups excluding carboxylic acids is 1. The molecule has 1 aliphatic rings. The Hall–Kier alpha value is -1.07. The van der Waals surface area contributed by atoms with Crippen molar-refractivity contribution in [2.24, 2.45) is 0 Å². The van der Waals surface area contributed by atoms with Crippen LogP contribution >= 0.6 is 15.9 Å². The number of hydrogen-bond donors (Lipinski definition) is 2. The summed E-state index contributed by atoms with van der Waals surface area (Å²) in [5, 5.41) is 6.26. The van der Waals surface area contributed by atoms with Gasteiger partial charge in [-0.1, -0.05) is 15.9 Å². The zero-order valence-electron chi connectivity index (χ0n) is 11.3. The summed E-state index contributed by atoms with van der Waals surface area (Å²) < 4.78 is 6.17. The molecule has 1 unspecified atom stereocenters. The molecule has 0 saturated carbocycles. The van der Waals surface area contributed by atoms with E-state index < -0.39 is 5.54 Å². The lowest BCUT2D eigenvalue weighted by Gasteiger charge is -2.33. The molecule has 2 rings (SSSR count). The normalized spacial score (nSPS) is 22.9. The van der Waals surface area contributed by atoms with E-state index >= 15 is 0 Å². The summed E-state index contributed by atoms with van der Waals surface area (Å²) >= 11 is 3.40. The number of hydrogen-bond acceptors (Lipinski definition) is 3. The topological polar surface area (TPSA) is 50.4 Å². The molecule has 1 aromatic rings. The van der Waals surface area contributed by atoms with E-state index in [9.17, 15) is 4.79 Å². The third kappa shape index (κ3) is 3.28. The minimum atomic E-state index is -0.494. The third-order valence-corrected chi connectivity index (χ3v) is 4.02. The van der Waals surface area contributed by atoms with Crippen LogP contribution in [0.4, 0.5) is 5.69 Å². The molecule has 1 fully saturated rings. The molecule has 19 heavy (non-hydrogen) atoms. The maximum absolute atomic E-state index is 12.4. The number of methoxy groups -OCH3 is 1. The molecule has 1 atom stereocenters. The zero-order valence-corrected chi connectivity index (χ0v) is 12.8. The van der Waals surface area contributed by atoms with E-state index in [1.54, 1.807) is 7.11 Å². The van der Waals surface area contributed by atoms with Crippen molar-refractivity contribution in [1.29, 1.82) is 0 Å². The van der Waals surface area contributed by atoms with Crippen LogP contribution in [0.5, 0.6) is 5.75 Å². The SMILES string of the molecule is COc1ccc(Br)cc1NC(=O)C1(C)CCCCN1. The van der Waals surface area contributed by atoms with Crippen molar-refractivity contribution in [3.63, 3.8) is 0 Å². The molecule has 1 saturated heterocycles. The highest BCUT2D eigenvalue weighted by Gasteiger charge is 2.34. The predicted octanol–water partition coefficient (Wildman–Crippen LogP) is 2.93. The molecule has 0 bridgehead atoms. The summed E-state index contributed by atoms with van der Waals surface area (Å²) in [6.07, 6.45) is 3.06. The van der Waals surface area contributed by atoms with Crippen molar-refractivity contribution in [1.82, 2.24) is 5.32 Å². The van der Waals surface area contributed by atoms with Gasteiger partial charge in [-0.25, -0.2) is 0 Å². The van der Waals surface area contributed by atoms with Gasteiger partial charge in [-0.2, -0.15) is 0 Å². The van der Waals surface area contributed by atoms with Crippen LogP contribution < -0.4 is 15.4 Å². The Labute approximate surface area is 122 Å². The van der Waals surface area contributed by atoms with Crippen LogP contribution in [0, 0.1) is 0 Å². The number of ether oxygens (including phenoxy) is 1. The van der Waals surface area contributed by atoms with Crippen molar-refractivity contribution in [3.8, 4) is 5.75 Å². The van der Waals surface area contributed by atoms with Gasteiger partial charge < -0.3 is 15.4 Å². The van der Waals surface area contributed by atoms with Gasteiger partial charge in [0.15, 0.2) is 0 Å². The van der Waals surface area contributed by atoms with Crippen molar-refractivity contribution in [2.75, 3.05) is 19.0 Å². The van der Waals surface area contributed by atoms with Crippen LogP contribution in [0.1, 0.15) is 26.2 Å². The quantitative estimate of drug-likeness (QED) is 0.897. The lowest BCUT2D eigenvalue weighted by atomic mass is 9.90. The molecule has 2 N–H and O–H groups in total. The average molecular weight is 327 g/mol. The molecule has 0 aromatic heterocycles. The van der Waals surface area contributed by atoms with Crippen LogP contribution in [-0.2, 0) is 4.79 Å². The molecule has 0 radical (unpaired) electrons. The number of piperidine rings is 1. The van der Waals surface area contributed by atoms with Crippen molar-refractivity contribution in [3.05, 3.63) is 22.7 Å². The molecular weight excluding hydrogens is 308 g/mol. The Kier molecular flexibility index (Phi) is 4.47. The van der Waals surface area contributed by atoms with E-state index in [4.69, 9.17) is 4.74 Å². The molecule has 5 heteroatoms. The van der Waals surface area contributed by atoms with E-state index in [1.807, 2.05) is 25.1 Å². The fraction of sp³-hybridized carbons (Fsp3) is 0.500. The standard InChI is InChI=1S/C14H19BrN2O2/c1-14(7-3-4-8-16-14)13(18)17-11-9-10(15)5-6-12(11)19-2/h5-6,9,16H,3-4,7-8H2,1-2H3,(H,17,18). The summed E-state index contributed by atoms with van der Waals surface area (Å²) in [4.78, 5) is 12.4. The monoisotopic (exact) mass is 326 g/mol. The van der Waals surface area contributed by atoms with Gasteiger partial charge in [-0.3, -0.25) is 4.79 Å². The van der Waals surface area contributed by atoms with Gasteiger partial charge in [0, 0.05) is 4.47 Å². The highest BCUT2D eigenvalue weighted by Crippen LogP contribution is 2.29. The first-order valence-corrected chi connectivity index (χ1v) is 7.24. The number of amides is 1. The van der Waals surface area contributed by atoms with Crippen LogP contribution in [0.15, 0.2) is 22.7 Å². The summed E-state index contributed by atoms with van der Waals surface area (Å²) in [7, 11) is 1.60. The second-order valence-electron chi connectivity index (χ2n) is 5.01. The van der Waals surface area contributed by atoms with Crippen LogP contribution in [0.3, 0.4) is 0 Å². The van der Waals surface area contributed by atoms with Gasteiger partial charge in [0.25, 0.3) is 0 Å². The van der Waals surface area contributed by atoms with E-state index in [2.05, 4.69) is 26.6 Å². The van der Waals surface area contributed by atoms with Crippen LogP contribution in [0.25, 0.3) is 0 Å². The fourth-order valence-electron chi connectivity index (χ4n) is 2.29.